The zero-order valence-corrected chi connectivity index (χ0v) is 10.3. The van der Waals surface area contributed by atoms with Crippen LogP contribution < -0.4 is 4.90 Å². The highest BCUT2D eigenvalue weighted by Crippen LogP contribution is 2.28. The molecule has 0 unspecified atom stereocenters. The molecule has 1 aromatic heterocycles. The molecular weight excluding hydrogens is 216 g/mol. The summed E-state index contributed by atoms with van der Waals surface area (Å²) in [4.78, 5) is 17.5. The first-order valence-electron chi connectivity index (χ1n) is 6.00. The molecule has 1 saturated carbocycles. The maximum absolute atomic E-state index is 11.1. The highest BCUT2D eigenvalue weighted by molar-refractivity contribution is 5.93. The molecule has 1 aromatic rings. The fourth-order valence-corrected chi connectivity index (χ4v) is 2.15. The molecule has 17 heavy (non-hydrogen) atoms. The predicted octanol–water partition coefficient (Wildman–Crippen LogP) is 2.32. The van der Waals surface area contributed by atoms with Crippen molar-refractivity contribution in [1.29, 1.82) is 0 Å². The van der Waals surface area contributed by atoms with Crippen LogP contribution >= 0.6 is 0 Å². The lowest BCUT2D eigenvalue weighted by Crippen LogP contribution is -2.31. The Hall–Kier alpha value is -1.58. The van der Waals surface area contributed by atoms with Gasteiger partial charge in [-0.05, 0) is 37.8 Å². The summed E-state index contributed by atoms with van der Waals surface area (Å²) < 4.78 is 0. The van der Waals surface area contributed by atoms with E-state index in [4.69, 9.17) is 5.11 Å². The number of pyridine rings is 1. The first-order chi connectivity index (χ1) is 8.08. The van der Waals surface area contributed by atoms with E-state index in [0.717, 1.165) is 12.2 Å². The van der Waals surface area contributed by atoms with Crippen molar-refractivity contribution in [2.75, 3.05) is 18.5 Å². The van der Waals surface area contributed by atoms with Crippen molar-refractivity contribution < 1.29 is 9.90 Å². The SMILES string of the molecule is Cc1ccc(C(=O)O)c(N(C)CC2CCC2)n1. The normalized spacial score (nSPS) is 15.4. The zero-order valence-electron chi connectivity index (χ0n) is 10.3. The Morgan fingerprint density at radius 1 is 1.53 bits per heavy atom. The minimum absolute atomic E-state index is 0.289. The van der Waals surface area contributed by atoms with Crippen LogP contribution in [0.15, 0.2) is 12.1 Å². The Labute approximate surface area is 101 Å². The summed E-state index contributed by atoms with van der Waals surface area (Å²) in [7, 11) is 1.92. The summed E-state index contributed by atoms with van der Waals surface area (Å²) in [5.74, 6) is 0.376. The average Bonchev–Trinajstić information content (AvgIpc) is 2.22. The zero-order chi connectivity index (χ0) is 12.4. The fourth-order valence-electron chi connectivity index (χ4n) is 2.15. The Morgan fingerprint density at radius 3 is 2.76 bits per heavy atom. The molecule has 4 heteroatoms. The van der Waals surface area contributed by atoms with E-state index in [0.29, 0.717) is 11.7 Å². The molecule has 92 valence electrons. The van der Waals surface area contributed by atoms with Crippen LogP contribution in [0, 0.1) is 12.8 Å². The Kier molecular flexibility index (Phi) is 3.31. The summed E-state index contributed by atoms with van der Waals surface area (Å²) in [6.07, 6.45) is 3.79. The van der Waals surface area contributed by atoms with Crippen LogP contribution in [-0.4, -0.2) is 29.7 Å². The van der Waals surface area contributed by atoms with E-state index in [1.54, 1.807) is 12.1 Å². The number of carbonyl (C=O) groups is 1. The van der Waals surface area contributed by atoms with E-state index in [2.05, 4.69) is 4.98 Å². The van der Waals surface area contributed by atoms with E-state index in [-0.39, 0.29) is 5.56 Å². The lowest BCUT2D eigenvalue weighted by molar-refractivity contribution is 0.0697. The van der Waals surface area contributed by atoms with Crippen molar-refractivity contribution in [2.45, 2.75) is 26.2 Å². The third-order valence-corrected chi connectivity index (χ3v) is 3.36. The number of aryl methyl sites for hydroxylation is 1. The number of anilines is 1. The minimum Gasteiger partial charge on any atom is -0.478 e. The van der Waals surface area contributed by atoms with Gasteiger partial charge in [0.2, 0.25) is 0 Å². The summed E-state index contributed by atoms with van der Waals surface area (Å²) in [5, 5.41) is 9.14. The maximum Gasteiger partial charge on any atom is 0.339 e. The summed E-state index contributed by atoms with van der Waals surface area (Å²) in [6, 6.07) is 3.38. The molecule has 1 N–H and O–H groups in total. The Morgan fingerprint density at radius 2 is 2.24 bits per heavy atom. The molecule has 0 amide bonds. The van der Waals surface area contributed by atoms with Gasteiger partial charge in [-0.25, -0.2) is 9.78 Å². The van der Waals surface area contributed by atoms with Crippen molar-refractivity contribution in [3.63, 3.8) is 0 Å². The van der Waals surface area contributed by atoms with Crippen LogP contribution in [0.2, 0.25) is 0 Å². The first-order valence-corrected chi connectivity index (χ1v) is 6.00. The van der Waals surface area contributed by atoms with Gasteiger partial charge in [0.25, 0.3) is 0 Å². The topological polar surface area (TPSA) is 53.4 Å². The second-order valence-corrected chi connectivity index (χ2v) is 4.81. The van der Waals surface area contributed by atoms with Gasteiger partial charge in [-0.2, -0.15) is 0 Å². The molecule has 0 aliphatic heterocycles. The molecule has 0 bridgehead atoms. The van der Waals surface area contributed by atoms with Gasteiger partial charge in [0.1, 0.15) is 11.4 Å². The third-order valence-electron chi connectivity index (χ3n) is 3.36. The van der Waals surface area contributed by atoms with Crippen molar-refractivity contribution in [3.8, 4) is 0 Å². The second-order valence-electron chi connectivity index (χ2n) is 4.81. The monoisotopic (exact) mass is 234 g/mol. The molecule has 1 aliphatic carbocycles. The van der Waals surface area contributed by atoms with E-state index in [1.807, 2.05) is 18.9 Å². The van der Waals surface area contributed by atoms with Gasteiger partial charge in [-0.15, -0.1) is 0 Å². The van der Waals surface area contributed by atoms with Crippen molar-refractivity contribution in [3.05, 3.63) is 23.4 Å². The van der Waals surface area contributed by atoms with Crippen molar-refractivity contribution >= 4 is 11.8 Å². The van der Waals surface area contributed by atoms with Crippen LogP contribution in [0.1, 0.15) is 35.3 Å². The van der Waals surface area contributed by atoms with E-state index < -0.39 is 5.97 Å². The summed E-state index contributed by atoms with van der Waals surface area (Å²) >= 11 is 0. The van der Waals surface area contributed by atoms with Gasteiger partial charge in [0, 0.05) is 19.3 Å². The lowest BCUT2D eigenvalue weighted by Gasteiger charge is -2.31. The van der Waals surface area contributed by atoms with E-state index >= 15 is 0 Å². The average molecular weight is 234 g/mol. The van der Waals surface area contributed by atoms with Gasteiger partial charge >= 0.3 is 5.97 Å². The second kappa shape index (κ2) is 4.73. The molecular formula is C13H18N2O2. The molecule has 0 atom stereocenters. The number of rotatable bonds is 4. The van der Waals surface area contributed by atoms with E-state index in [9.17, 15) is 4.79 Å². The molecule has 0 aromatic carbocycles. The molecule has 0 saturated heterocycles. The third kappa shape index (κ3) is 2.57. The smallest absolute Gasteiger partial charge is 0.339 e. The van der Waals surface area contributed by atoms with Crippen LogP contribution in [0.5, 0.6) is 0 Å². The van der Waals surface area contributed by atoms with E-state index in [1.165, 1.54) is 19.3 Å². The predicted molar refractivity (Wildman–Crippen MR) is 66.5 cm³/mol. The Balaban J connectivity index is 2.21. The minimum atomic E-state index is -0.909. The lowest BCUT2D eigenvalue weighted by atomic mass is 9.85. The molecule has 1 heterocycles. The quantitative estimate of drug-likeness (QED) is 0.868. The first kappa shape index (κ1) is 11.9. The molecule has 0 spiro atoms. The van der Waals surface area contributed by atoms with Crippen molar-refractivity contribution in [1.82, 2.24) is 4.98 Å². The van der Waals surface area contributed by atoms with Gasteiger partial charge in [-0.1, -0.05) is 6.42 Å². The number of hydrogen-bond acceptors (Lipinski definition) is 3. The van der Waals surface area contributed by atoms with Crippen LogP contribution in [0.25, 0.3) is 0 Å². The number of aromatic carboxylic acids is 1. The number of aromatic nitrogens is 1. The fraction of sp³-hybridized carbons (Fsp3) is 0.538. The van der Waals surface area contributed by atoms with Gasteiger partial charge in [0.05, 0.1) is 0 Å². The number of carboxylic acids is 1. The van der Waals surface area contributed by atoms with Crippen LogP contribution in [-0.2, 0) is 0 Å². The maximum atomic E-state index is 11.1. The highest BCUT2D eigenvalue weighted by Gasteiger charge is 2.22. The van der Waals surface area contributed by atoms with Crippen molar-refractivity contribution in [2.24, 2.45) is 5.92 Å². The Bertz CT molecular complexity index is 427. The number of nitrogens with zero attached hydrogens (tertiary/aromatic N) is 2. The number of hydrogen-bond donors (Lipinski definition) is 1. The summed E-state index contributed by atoms with van der Waals surface area (Å²) in [6.45, 7) is 2.78. The van der Waals surface area contributed by atoms with Gasteiger partial charge in [-0.3, -0.25) is 0 Å². The van der Waals surface area contributed by atoms with Gasteiger partial charge < -0.3 is 10.0 Å². The molecule has 1 fully saturated rings. The summed E-state index contributed by atoms with van der Waals surface area (Å²) in [5.41, 5.74) is 1.14. The standard InChI is InChI=1S/C13H18N2O2/c1-9-6-7-11(13(16)17)12(14-9)15(2)8-10-4-3-5-10/h6-7,10H,3-5,8H2,1-2H3,(H,16,17). The van der Waals surface area contributed by atoms with Gasteiger partial charge in [0.15, 0.2) is 0 Å². The molecule has 4 nitrogen and oxygen atoms in total. The molecule has 1 aliphatic rings. The van der Waals surface area contributed by atoms with Crippen LogP contribution in [0.4, 0.5) is 5.82 Å². The highest BCUT2D eigenvalue weighted by atomic mass is 16.4. The largest absolute Gasteiger partial charge is 0.478 e. The number of carboxylic acid groups (broad SMARTS) is 1. The van der Waals surface area contributed by atoms with Crippen LogP contribution in [0.3, 0.4) is 0 Å². The molecule has 2 rings (SSSR count). The molecule has 0 radical (unpaired) electrons.